The Bertz CT molecular complexity index is 148. The fraction of sp³-hybridized carbons (Fsp3) is 1.00. The Kier molecular flexibility index (Phi) is 1.19. The third-order valence-corrected chi connectivity index (χ3v) is 3.76. The molecular formula is C10H18. The van der Waals surface area contributed by atoms with Crippen molar-refractivity contribution in [3.8, 4) is 0 Å². The SMILES string of the molecule is CCC1CC12CC2C(C)C. The van der Waals surface area contributed by atoms with E-state index >= 15 is 0 Å². The molecule has 2 aliphatic rings. The first-order valence-corrected chi connectivity index (χ1v) is 4.70. The Morgan fingerprint density at radius 2 is 2.10 bits per heavy atom. The van der Waals surface area contributed by atoms with Crippen LogP contribution in [0.5, 0.6) is 0 Å². The Morgan fingerprint density at radius 3 is 2.40 bits per heavy atom. The van der Waals surface area contributed by atoms with E-state index in [-0.39, 0.29) is 0 Å². The monoisotopic (exact) mass is 138 g/mol. The summed E-state index contributed by atoms with van der Waals surface area (Å²) in [5.74, 6) is 3.19. The summed E-state index contributed by atoms with van der Waals surface area (Å²) in [6.07, 6.45) is 4.55. The molecular weight excluding hydrogens is 120 g/mol. The lowest BCUT2D eigenvalue weighted by atomic mass is 10.1. The second-order valence-electron chi connectivity index (χ2n) is 4.60. The van der Waals surface area contributed by atoms with Gasteiger partial charge in [-0.2, -0.15) is 0 Å². The van der Waals surface area contributed by atoms with E-state index in [1.165, 1.54) is 6.42 Å². The maximum absolute atomic E-state index is 2.38. The van der Waals surface area contributed by atoms with Crippen LogP contribution in [0.4, 0.5) is 0 Å². The van der Waals surface area contributed by atoms with Crippen molar-refractivity contribution in [1.82, 2.24) is 0 Å². The first kappa shape index (κ1) is 6.69. The second-order valence-corrected chi connectivity index (χ2v) is 4.60. The highest BCUT2D eigenvalue weighted by Crippen LogP contribution is 2.77. The molecule has 0 heterocycles. The minimum absolute atomic E-state index is 0.906. The van der Waals surface area contributed by atoms with E-state index < -0.39 is 0 Å². The highest BCUT2D eigenvalue weighted by atomic mass is 14.7. The van der Waals surface area contributed by atoms with E-state index in [0.717, 1.165) is 23.2 Å². The molecule has 2 fully saturated rings. The van der Waals surface area contributed by atoms with Gasteiger partial charge in [0, 0.05) is 0 Å². The zero-order chi connectivity index (χ0) is 7.35. The van der Waals surface area contributed by atoms with Crippen LogP contribution >= 0.6 is 0 Å². The molecule has 1 spiro atoms. The summed E-state index contributed by atoms with van der Waals surface area (Å²) in [6, 6.07) is 0. The normalized spacial score (nSPS) is 50.4. The van der Waals surface area contributed by atoms with Crippen molar-refractivity contribution in [3.05, 3.63) is 0 Å². The lowest BCUT2D eigenvalue weighted by Crippen LogP contribution is -1.93. The van der Waals surface area contributed by atoms with Gasteiger partial charge in [0.1, 0.15) is 0 Å². The van der Waals surface area contributed by atoms with E-state index in [1.54, 1.807) is 12.8 Å². The van der Waals surface area contributed by atoms with Crippen LogP contribution in [0.2, 0.25) is 0 Å². The predicted molar refractivity (Wildman–Crippen MR) is 43.8 cm³/mol. The van der Waals surface area contributed by atoms with Crippen LogP contribution in [0.15, 0.2) is 0 Å². The van der Waals surface area contributed by atoms with E-state index in [9.17, 15) is 0 Å². The molecule has 0 aromatic heterocycles. The van der Waals surface area contributed by atoms with Crippen LogP contribution in [0, 0.1) is 23.2 Å². The maximum atomic E-state index is 2.38. The summed E-state index contributed by atoms with van der Waals surface area (Å²) in [6.45, 7) is 7.10. The van der Waals surface area contributed by atoms with Crippen LogP contribution in [0.3, 0.4) is 0 Å². The third-order valence-electron chi connectivity index (χ3n) is 3.76. The number of hydrogen-bond donors (Lipinski definition) is 0. The molecule has 0 nitrogen and oxygen atoms in total. The van der Waals surface area contributed by atoms with E-state index in [4.69, 9.17) is 0 Å². The second kappa shape index (κ2) is 1.78. The average molecular weight is 138 g/mol. The highest BCUT2D eigenvalue weighted by molar-refractivity contribution is 5.18. The van der Waals surface area contributed by atoms with Crippen molar-refractivity contribution in [2.24, 2.45) is 23.2 Å². The fourth-order valence-electron chi connectivity index (χ4n) is 2.90. The molecule has 0 aliphatic heterocycles. The van der Waals surface area contributed by atoms with Crippen LogP contribution in [-0.2, 0) is 0 Å². The number of rotatable bonds is 2. The fourth-order valence-corrected chi connectivity index (χ4v) is 2.90. The van der Waals surface area contributed by atoms with E-state index in [1.807, 2.05) is 0 Å². The molecule has 3 unspecified atom stereocenters. The van der Waals surface area contributed by atoms with Crippen molar-refractivity contribution in [2.45, 2.75) is 40.0 Å². The quantitative estimate of drug-likeness (QED) is 0.550. The van der Waals surface area contributed by atoms with Gasteiger partial charge in [-0.3, -0.25) is 0 Å². The molecule has 10 heavy (non-hydrogen) atoms. The Hall–Kier alpha value is 0. The van der Waals surface area contributed by atoms with Crippen molar-refractivity contribution >= 4 is 0 Å². The smallest absolute Gasteiger partial charge is 0.0232 e. The molecule has 3 atom stereocenters. The summed E-state index contributed by atoms with van der Waals surface area (Å²) >= 11 is 0. The van der Waals surface area contributed by atoms with E-state index in [2.05, 4.69) is 20.8 Å². The summed E-state index contributed by atoms with van der Waals surface area (Å²) in [5.41, 5.74) is 0.906. The molecule has 0 saturated heterocycles. The van der Waals surface area contributed by atoms with E-state index in [0.29, 0.717) is 0 Å². The first-order valence-electron chi connectivity index (χ1n) is 4.70. The Morgan fingerprint density at radius 1 is 1.40 bits per heavy atom. The Balaban J connectivity index is 1.91. The molecule has 0 bridgehead atoms. The molecule has 2 aliphatic carbocycles. The molecule has 0 aromatic carbocycles. The molecule has 2 saturated carbocycles. The van der Waals surface area contributed by atoms with Gasteiger partial charge >= 0.3 is 0 Å². The van der Waals surface area contributed by atoms with Gasteiger partial charge in [0.25, 0.3) is 0 Å². The molecule has 0 amide bonds. The van der Waals surface area contributed by atoms with Gasteiger partial charge in [-0.05, 0) is 36.0 Å². The third kappa shape index (κ3) is 0.681. The van der Waals surface area contributed by atoms with Gasteiger partial charge in [-0.15, -0.1) is 0 Å². The largest absolute Gasteiger partial charge is 0.0651 e. The molecule has 0 N–H and O–H groups in total. The van der Waals surface area contributed by atoms with Crippen LogP contribution in [0.25, 0.3) is 0 Å². The number of hydrogen-bond acceptors (Lipinski definition) is 0. The first-order chi connectivity index (χ1) is 4.70. The van der Waals surface area contributed by atoms with Crippen molar-refractivity contribution in [2.75, 3.05) is 0 Å². The maximum Gasteiger partial charge on any atom is -0.0232 e. The zero-order valence-corrected chi connectivity index (χ0v) is 7.35. The highest BCUT2D eigenvalue weighted by Gasteiger charge is 2.69. The lowest BCUT2D eigenvalue weighted by molar-refractivity contribution is 0.488. The van der Waals surface area contributed by atoms with Crippen LogP contribution in [0.1, 0.15) is 40.0 Å². The van der Waals surface area contributed by atoms with Gasteiger partial charge in [-0.25, -0.2) is 0 Å². The molecule has 0 radical (unpaired) electrons. The summed E-state index contributed by atoms with van der Waals surface area (Å²) in [5, 5.41) is 0. The van der Waals surface area contributed by atoms with Gasteiger partial charge in [0.05, 0.1) is 0 Å². The van der Waals surface area contributed by atoms with Crippen molar-refractivity contribution in [3.63, 3.8) is 0 Å². The molecule has 2 rings (SSSR count). The minimum atomic E-state index is 0.906. The molecule has 0 aromatic rings. The van der Waals surface area contributed by atoms with Gasteiger partial charge in [0.15, 0.2) is 0 Å². The minimum Gasteiger partial charge on any atom is -0.0651 e. The lowest BCUT2D eigenvalue weighted by Gasteiger charge is -2.00. The zero-order valence-electron chi connectivity index (χ0n) is 7.35. The molecule has 0 heteroatoms. The summed E-state index contributed by atoms with van der Waals surface area (Å²) in [4.78, 5) is 0. The van der Waals surface area contributed by atoms with Crippen LogP contribution in [-0.4, -0.2) is 0 Å². The average Bonchev–Trinajstić information content (AvgIpc) is 2.73. The van der Waals surface area contributed by atoms with Crippen molar-refractivity contribution < 1.29 is 0 Å². The predicted octanol–water partition coefficient (Wildman–Crippen LogP) is 3.08. The summed E-state index contributed by atoms with van der Waals surface area (Å²) < 4.78 is 0. The van der Waals surface area contributed by atoms with Crippen LogP contribution < -0.4 is 0 Å². The van der Waals surface area contributed by atoms with Gasteiger partial charge in [0.2, 0.25) is 0 Å². The topological polar surface area (TPSA) is 0 Å². The van der Waals surface area contributed by atoms with Gasteiger partial charge < -0.3 is 0 Å². The summed E-state index contributed by atoms with van der Waals surface area (Å²) in [7, 11) is 0. The van der Waals surface area contributed by atoms with Gasteiger partial charge in [-0.1, -0.05) is 27.2 Å². The Labute approximate surface area is 64.0 Å². The standard InChI is InChI=1S/C10H18/c1-4-8-5-10(8)6-9(10)7(2)3/h7-9H,4-6H2,1-3H3. The van der Waals surface area contributed by atoms with Crippen molar-refractivity contribution in [1.29, 1.82) is 0 Å². The molecule has 58 valence electrons.